The van der Waals surface area contributed by atoms with E-state index in [0.717, 1.165) is 19.4 Å². The lowest BCUT2D eigenvalue weighted by atomic mass is 9.84. The molecule has 2 aliphatic rings. The van der Waals surface area contributed by atoms with Gasteiger partial charge in [0.05, 0.1) is 6.42 Å². The van der Waals surface area contributed by atoms with E-state index in [9.17, 15) is 14.0 Å². The SMILES string of the molecule is CC(C)N1CCCC2(CCCN2C(=O)Cc2cc(F)cc(Cl)c2)C1=O. The number of carbonyl (C=O) groups is 2. The molecular formula is C19H24ClFN2O2. The fraction of sp³-hybridized carbons (Fsp3) is 0.579. The van der Waals surface area contributed by atoms with Crippen LogP contribution in [0, 0.1) is 5.82 Å². The molecule has 25 heavy (non-hydrogen) atoms. The predicted molar refractivity (Wildman–Crippen MR) is 94.9 cm³/mol. The predicted octanol–water partition coefficient (Wildman–Crippen LogP) is 3.41. The van der Waals surface area contributed by atoms with E-state index >= 15 is 0 Å². The number of hydrogen-bond donors (Lipinski definition) is 0. The van der Waals surface area contributed by atoms with Gasteiger partial charge < -0.3 is 9.80 Å². The summed E-state index contributed by atoms with van der Waals surface area (Å²) in [5.74, 6) is -0.513. The zero-order valence-corrected chi connectivity index (χ0v) is 15.5. The van der Waals surface area contributed by atoms with Crippen molar-refractivity contribution in [3.63, 3.8) is 0 Å². The molecule has 4 nitrogen and oxygen atoms in total. The molecule has 2 amide bonds. The number of nitrogens with zero attached hydrogens (tertiary/aromatic N) is 2. The second kappa shape index (κ2) is 6.94. The molecule has 1 spiro atoms. The molecule has 1 aromatic carbocycles. The average Bonchev–Trinajstić information content (AvgIpc) is 2.93. The molecule has 1 unspecified atom stereocenters. The first kappa shape index (κ1) is 18.2. The van der Waals surface area contributed by atoms with Crippen LogP contribution in [0.25, 0.3) is 0 Å². The van der Waals surface area contributed by atoms with Crippen molar-refractivity contribution in [2.45, 2.75) is 57.5 Å². The highest BCUT2D eigenvalue weighted by molar-refractivity contribution is 6.30. The first-order valence-corrected chi connectivity index (χ1v) is 9.28. The van der Waals surface area contributed by atoms with E-state index in [1.54, 1.807) is 11.0 Å². The second-order valence-electron chi connectivity index (χ2n) is 7.33. The van der Waals surface area contributed by atoms with Crippen molar-refractivity contribution in [3.05, 3.63) is 34.6 Å². The minimum atomic E-state index is -0.712. The number of carbonyl (C=O) groups excluding carboxylic acids is 2. The van der Waals surface area contributed by atoms with Crippen molar-refractivity contribution in [1.29, 1.82) is 0 Å². The van der Waals surface area contributed by atoms with Gasteiger partial charge in [-0.15, -0.1) is 0 Å². The van der Waals surface area contributed by atoms with Gasteiger partial charge in [-0.05, 0) is 63.3 Å². The summed E-state index contributed by atoms with van der Waals surface area (Å²) in [5, 5.41) is 0.277. The van der Waals surface area contributed by atoms with Gasteiger partial charge in [-0.3, -0.25) is 9.59 Å². The molecule has 6 heteroatoms. The Kier molecular flexibility index (Phi) is 5.05. The topological polar surface area (TPSA) is 40.6 Å². The van der Waals surface area contributed by atoms with Gasteiger partial charge in [0.2, 0.25) is 11.8 Å². The fourth-order valence-electron chi connectivity index (χ4n) is 4.22. The Morgan fingerprint density at radius 1 is 1.24 bits per heavy atom. The van der Waals surface area contributed by atoms with E-state index in [-0.39, 0.29) is 29.3 Å². The van der Waals surface area contributed by atoms with Gasteiger partial charge in [-0.1, -0.05) is 11.6 Å². The lowest BCUT2D eigenvalue weighted by Gasteiger charge is -2.46. The largest absolute Gasteiger partial charge is 0.338 e. The molecular weight excluding hydrogens is 343 g/mol. The minimum Gasteiger partial charge on any atom is -0.338 e. The third-order valence-corrected chi connectivity index (χ3v) is 5.56. The third-order valence-electron chi connectivity index (χ3n) is 5.34. The van der Waals surface area contributed by atoms with E-state index in [1.807, 2.05) is 18.7 Å². The standard InChI is InChI=1S/C19H24ClFN2O2/c1-13(2)22-7-3-5-19(18(22)25)6-4-8-23(19)17(24)11-14-9-15(20)12-16(21)10-14/h9-10,12-13H,3-8,11H2,1-2H3. The maximum Gasteiger partial charge on any atom is 0.248 e. The molecule has 3 rings (SSSR count). The van der Waals surface area contributed by atoms with Gasteiger partial charge in [0, 0.05) is 24.2 Å². The summed E-state index contributed by atoms with van der Waals surface area (Å²) >= 11 is 5.89. The van der Waals surface area contributed by atoms with Crippen LogP contribution in [-0.2, 0) is 16.0 Å². The van der Waals surface area contributed by atoms with E-state index < -0.39 is 11.4 Å². The van der Waals surface area contributed by atoms with Crippen LogP contribution in [0.15, 0.2) is 18.2 Å². The number of benzene rings is 1. The van der Waals surface area contributed by atoms with Crippen LogP contribution in [0.5, 0.6) is 0 Å². The second-order valence-corrected chi connectivity index (χ2v) is 7.77. The number of halogens is 2. The quantitative estimate of drug-likeness (QED) is 0.822. The van der Waals surface area contributed by atoms with Gasteiger partial charge in [0.25, 0.3) is 0 Å². The Labute approximate surface area is 152 Å². The number of hydrogen-bond acceptors (Lipinski definition) is 2. The molecule has 0 N–H and O–H groups in total. The number of amides is 2. The normalized spacial score (nSPS) is 23.8. The molecule has 2 fully saturated rings. The molecule has 2 saturated heterocycles. The van der Waals surface area contributed by atoms with Crippen molar-refractivity contribution in [1.82, 2.24) is 9.80 Å². The van der Waals surface area contributed by atoms with Gasteiger partial charge in [0.15, 0.2) is 0 Å². The molecule has 2 aliphatic heterocycles. The molecule has 1 aromatic rings. The molecule has 2 heterocycles. The van der Waals surface area contributed by atoms with Crippen molar-refractivity contribution >= 4 is 23.4 Å². The summed E-state index contributed by atoms with van der Waals surface area (Å²) in [6, 6.07) is 4.28. The Hall–Kier alpha value is -1.62. The first-order valence-electron chi connectivity index (χ1n) is 8.90. The monoisotopic (exact) mass is 366 g/mol. The van der Waals surface area contributed by atoms with Crippen LogP contribution in [0.3, 0.4) is 0 Å². The van der Waals surface area contributed by atoms with Crippen LogP contribution in [0.2, 0.25) is 5.02 Å². The summed E-state index contributed by atoms with van der Waals surface area (Å²) in [7, 11) is 0. The molecule has 0 aromatic heterocycles. The molecule has 0 aliphatic carbocycles. The molecule has 0 saturated carbocycles. The van der Waals surface area contributed by atoms with E-state index in [0.29, 0.717) is 24.9 Å². The lowest BCUT2D eigenvalue weighted by molar-refractivity contribution is -0.156. The minimum absolute atomic E-state index is 0.0637. The van der Waals surface area contributed by atoms with Crippen LogP contribution in [0.1, 0.15) is 45.1 Å². The van der Waals surface area contributed by atoms with Crippen molar-refractivity contribution in [2.24, 2.45) is 0 Å². The zero-order chi connectivity index (χ0) is 18.2. The van der Waals surface area contributed by atoms with Crippen molar-refractivity contribution in [2.75, 3.05) is 13.1 Å². The summed E-state index contributed by atoms with van der Waals surface area (Å²) < 4.78 is 13.5. The summed E-state index contributed by atoms with van der Waals surface area (Å²) in [6.45, 7) is 5.35. The zero-order valence-electron chi connectivity index (χ0n) is 14.7. The maximum atomic E-state index is 13.5. The molecule has 136 valence electrons. The van der Waals surface area contributed by atoms with Gasteiger partial charge in [0.1, 0.15) is 11.4 Å². The summed E-state index contributed by atoms with van der Waals surface area (Å²) in [6.07, 6.45) is 3.22. The number of piperidine rings is 1. The van der Waals surface area contributed by atoms with Crippen LogP contribution in [0.4, 0.5) is 4.39 Å². The highest BCUT2D eigenvalue weighted by Crippen LogP contribution is 2.39. The maximum absolute atomic E-state index is 13.5. The highest BCUT2D eigenvalue weighted by atomic mass is 35.5. The lowest BCUT2D eigenvalue weighted by Crippen LogP contribution is -2.62. The van der Waals surface area contributed by atoms with E-state index in [1.165, 1.54) is 12.1 Å². The Bertz CT molecular complexity index is 674. The highest BCUT2D eigenvalue weighted by Gasteiger charge is 2.52. The average molecular weight is 367 g/mol. The van der Waals surface area contributed by atoms with Crippen LogP contribution in [-0.4, -0.2) is 46.3 Å². The van der Waals surface area contributed by atoms with Gasteiger partial charge in [-0.2, -0.15) is 0 Å². The van der Waals surface area contributed by atoms with Crippen molar-refractivity contribution < 1.29 is 14.0 Å². The van der Waals surface area contributed by atoms with E-state index in [2.05, 4.69) is 0 Å². The van der Waals surface area contributed by atoms with Crippen LogP contribution >= 0.6 is 11.6 Å². The summed E-state index contributed by atoms with van der Waals surface area (Å²) in [5.41, 5.74) is -0.169. The van der Waals surface area contributed by atoms with Gasteiger partial charge >= 0.3 is 0 Å². The molecule has 1 atom stereocenters. The number of likely N-dealkylation sites (tertiary alicyclic amines) is 2. The Morgan fingerprint density at radius 3 is 2.56 bits per heavy atom. The summed E-state index contributed by atoms with van der Waals surface area (Å²) in [4.78, 5) is 29.7. The Balaban J connectivity index is 1.83. The van der Waals surface area contributed by atoms with Crippen molar-refractivity contribution in [3.8, 4) is 0 Å². The Morgan fingerprint density at radius 2 is 1.92 bits per heavy atom. The van der Waals surface area contributed by atoms with E-state index in [4.69, 9.17) is 11.6 Å². The first-order chi connectivity index (χ1) is 11.8. The van der Waals surface area contributed by atoms with Crippen LogP contribution < -0.4 is 0 Å². The molecule has 0 bridgehead atoms. The van der Waals surface area contributed by atoms with Gasteiger partial charge in [-0.25, -0.2) is 4.39 Å². The molecule has 0 radical (unpaired) electrons. The number of rotatable bonds is 3. The fourth-order valence-corrected chi connectivity index (χ4v) is 4.46. The third kappa shape index (κ3) is 3.39. The smallest absolute Gasteiger partial charge is 0.248 e.